The summed E-state index contributed by atoms with van der Waals surface area (Å²) in [6.07, 6.45) is 1.61. The topological polar surface area (TPSA) is 80.5 Å². The highest BCUT2D eigenvalue weighted by atomic mass is 79.9. The van der Waals surface area contributed by atoms with Crippen LogP contribution in [-0.2, 0) is 6.42 Å². The standard InChI is InChI=1S/C14H16BrN5/c1-3-11(17)14-12(4-2)20(19-18-14)13-6-5-9(8-16)7-10(13)15/h5-7,11H,3-4,17H2,1-2H3. The van der Waals surface area contributed by atoms with Gasteiger partial charge in [0.1, 0.15) is 5.69 Å². The largest absolute Gasteiger partial charge is 0.323 e. The van der Waals surface area contributed by atoms with Crippen molar-refractivity contribution in [2.24, 2.45) is 5.73 Å². The van der Waals surface area contributed by atoms with Gasteiger partial charge in [0.2, 0.25) is 0 Å². The highest BCUT2D eigenvalue weighted by Gasteiger charge is 2.18. The van der Waals surface area contributed by atoms with E-state index in [0.717, 1.165) is 34.4 Å². The number of hydrogen-bond donors (Lipinski definition) is 1. The molecule has 0 amide bonds. The van der Waals surface area contributed by atoms with Gasteiger partial charge in [-0.15, -0.1) is 5.10 Å². The lowest BCUT2D eigenvalue weighted by atomic mass is 10.1. The molecule has 1 heterocycles. The Hall–Kier alpha value is -1.71. The average molecular weight is 334 g/mol. The van der Waals surface area contributed by atoms with Gasteiger partial charge in [0, 0.05) is 4.47 Å². The SMILES string of the molecule is CCc1c(C(N)CC)nnn1-c1ccc(C#N)cc1Br. The van der Waals surface area contributed by atoms with E-state index in [1.54, 1.807) is 16.8 Å². The van der Waals surface area contributed by atoms with Crippen LogP contribution in [-0.4, -0.2) is 15.0 Å². The molecule has 1 atom stereocenters. The molecule has 5 nitrogen and oxygen atoms in total. The van der Waals surface area contributed by atoms with Gasteiger partial charge in [-0.05, 0) is 47.0 Å². The molecular weight excluding hydrogens is 318 g/mol. The molecule has 0 aliphatic carbocycles. The lowest BCUT2D eigenvalue weighted by Gasteiger charge is -2.10. The molecule has 0 aliphatic heterocycles. The first-order chi connectivity index (χ1) is 9.62. The van der Waals surface area contributed by atoms with Crippen LogP contribution in [0.5, 0.6) is 0 Å². The molecule has 0 saturated carbocycles. The summed E-state index contributed by atoms with van der Waals surface area (Å²) in [7, 11) is 0. The molecule has 1 unspecified atom stereocenters. The molecule has 20 heavy (non-hydrogen) atoms. The van der Waals surface area contributed by atoms with Gasteiger partial charge >= 0.3 is 0 Å². The first-order valence-electron chi connectivity index (χ1n) is 6.52. The molecule has 1 aromatic heterocycles. The maximum atomic E-state index is 8.91. The normalized spacial score (nSPS) is 12.2. The number of nitriles is 1. The second-order valence-corrected chi connectivity index (χ2v) is 5.33. The molecule has 0 radical (unpaired) electrons. The van der Waals surface area contributed by atoms with Gasteiger partial charge < -0.3 is 5.73 Å². The van der Waals surface area contributed by atoms with Crippen molar-refractivity contribution >= 4 is 15.9 Å². The van der Waals surface area contributed by atoms with E-state index >= 15 is 0 Å². The summed E-state index contributed by atoms with van der Waals surface area (Å²) in [5.41, 5.74) is 9.38. The van der Waals surface area contributed by atoms with Crippen LogP contribution in [0.25, 0.3) is 5.69 Å². The van der Waals surface area contributed by atoms with Crippen molar-refractivity contribution in [2.45, 2.75) is 32.7 Å². The van der Waals surface area contributed by atoms with E-state index < -0.39 is 0 Å². The second-order valence-electron chi connectivity index (χ2n) is 4.48. The summed E-state index contributed by atoms with van der Waals surface area (Å²) in [5.74, 6) is 0. The van der Waals surface area contributed by atoms with Crippen LogP contribution in [0, 0.1) is 11.3 Å². The Kier molecular flexibility index (Phi) is 4.53. The number of nitrogens with zero attached hydrogens (tertiary/aromatic N) is 4. The molecule has 0 spiro atoms. The molecule has 0 saturated heterocycles. The fourth-order valence-electron chi connectivity index (χ4n) is 2.07. The van der Waals surface area contributed by atoms with Gasteiger partial charge in [-0.3, -0.25) is 0 Å². The molecular formula is C14H16BrN5. The van der Waals surface area contributed by atoms with Crippen LogP contribution in [0.15, 0.2) is 22.7 Å². The van der Waals surface area contributed by atoms with Crippen molar-refractivity contribution in [3.63, 3.8) is 0 Å². The van der Waals surface area contributed by atoms with Gasteiger partial charge in [-0.2, -0.15) is 5.26 Å². The zero-order valence-corrected chi connectivity index (χ0v) is 13.1. The second kappa shape index (κ2) is 6.16. The summed E-state index contributed by atoms with van der Waals surface area (Å²) >= 11 is 3.48. The van der Waals surface area contributed by atoms with Gasteiger partial charge in [0.15, 0.2) is 0 Å². The summed E-state index contributed by atoms with van der Waals surface area (Å²) in [5, 5.41) is 17.3. The fraction of sp³-hybridized carbons (Fsp3) is 0.357. The minimum atomic E-state index is -0.101. The Labute approximate surface area is 126 Å². The van der Waals surface area contributed by atoms with E-state index in [0.29, 0.717) is 5.56 Å². The van der Waals surface area contributed by atoms with E-state index in [1.165, 1.54) is 0 Å². The molecule has 6 heteroatoms. The van der Waals surface area contributed by atoms with Crippen LogP contribution in [0.4, 0.5) is 0 Å². The third-order valence-electron chi connectivity index (χ3n) is 3.22. The zero-order valence-electron chi connectivity index (χ0n) is 11.5. The maximum absolute atomic E-state index is 8.91. The highest BCUT2D eigenvalue weighted by molar-refractivity contribution is 9.10. The quantitative estimate of drug-likeness (QED) is 0.932. The van der Waals surface area contributed by atoms with Gasteiger partial charge in [-0.25, -0.2) is 4.68 Å². The molecule has 104 valence electrons. The van der Waals surface area contributed by atoms with Crippen LogP contribution in [0.3, 0.4) is 0 Å². The van der Waals surface area contributed by atoms with E-state index in [1.807, 2.05) is 13.0 Å². The van der Waals surface area contributed by atoms with E-state index in [-0.39, 0.29) is 6.04 Å². The third-order valence-corrected chi connectivity index (χ3v) is 3.86. The number of benzene rings is 1. The maximum Gasteiger partial charge on any atom is 0.103 e. The summed E-state index contributed by atoms with van der Waals surface area (Å²) in [6.45, 7) is 4.08. The molecule has 2 rings (SSSR count). The number of halogens is 1. The van der Waals surface area contributed by atoms with Crippen molar-refractivity contribution in [2.75, 3.05) is 0 Å². The molecule has 2 N–H and O–H groups in total. The molecule has 1 aromatic carbocycles. The Morgan fingerprint density at radius 2 is 2.20 bits per heavy atom. The lowest BCUT2D eigenvalue weighted by molar-refractivity contribution is 0.665. The summed E-state index contributed by atoms with van der Waals surface area (Å²) in [6, 6.07) is 7.41. The van der Waals surface area contributed by atoms with E-state index in [2.05, 4.69) is 39.2 Å². The van der Waals surface area contributed by atoms with E-state index in [9.17, 15) is 0 Å². The fourth-order valence-corrected chi connectivity index (χ4v) is 2.61. The van der Waals surface area contributed by atoms with Crippen molar-refractivity contribution in [1.29, 1.82) is 5.26 Å². The first-order valence-corrected chi connectivity index (χ1v) is 7.31. The molecule has 0 aliphatic rings. The van der Waals surface area contributed by atoms with Gasteiger partial charge in [0.05, 0.1) is 29.1 Å². The highest BCUT2D eigenvalue weighted by Crippen LogP contribution is 2.26. The smallest absolute Gasteiger partial charge is 0.103 e. The molecule has 0 bridgehead atoms. The van der Waals surface area contributed by atoms with Crippen LogP contribution < -0.4 is 5.73 Å². The third kappa shape index (κ3) is 2.60. The monoisotopic (exact) mass is 333 g/mol. The Balaban J connectivity index is 2.54. The predicted molar refractivity (Wildman–Crippen MR) is 80.4 cm³/mol. The first kappa shape index (κ1) is 14.7. The van der Waals surface area contributed by atoms with Crippen LogP contribution in [0.2, 0.25) is 0 Å². The minimum Gasteiger partial charge on any atom is -0.323 e. The number of aromatic nitrogens is 3. The van der Waals surface area contributed by atoms with Crippen LogP contribution >= 0.6 is 15.9 Å². The minimum absolute atomic E-state index is 0.101. The van der Waals surface area contributed by atoms with Crippen molar-refractivity contribution in [1.82, 2.24) is 15.0 Å². The van der Waals surface area contributed by atoms with E-state index in [4.69, 9.17) is 11.0 Å². The number of hydrogen-bond acceptors (Lipinski definition) is 4. The Morgan fingerprint density at radius 3 is 2.75 bits per heavy atom. The Morgan fingerprint density at radius 1 is 1.45 bits per heavy atom. The van der Waals surface area contributed by atoms with Crippen molar-refractivity contribution in [3.8, 4) is 11.8 Å². The van der Waals surface area contributed by atoms with Gasteiger partial charge in [-0.1, -0.05) is 19.1 Å². The molecule has 2 aromatic rings. The predicted octanol–water partition coefficient (Wildman–Crippen LogP) is 2.87. The van der Waals surface area contributed by atoms with Crippen molar-refractivity contribution < 1.29 is 0 Å². The summed E-state index contributed by atoms with van der Waals surface area (Å²) in [4.78, 5) is 0. The lowest BCUT2D eigenvalue weighted by Crippen LogP contribution is -2.12. The Bertz CT molecular complexity index is 656. The van der Waals surface area contributed by atoms with Crippen LogP contribution in [0.1, 0.15) is 43.3 Å². The zero-order chi connectivity index (χ0) is 14.7. The average Bonchev–Trinajstić information content (AvgIpc) is 2.89. The van der Waals surface area contributed by atoms with Crippen molar-refractivity contribution in [3.05, 3.63) is 39.6 Å². The van der Waals surface area contributed by atoms with Gasteiger partial charge in [0.25, 0.3) is 0 Å². The molecule has 0 fully saturated rings. The number of rotatable bonds is 4. The summed E-state index contributed by atoms with van der Waals surface area (Å²) < 4.78 is 2.60. The number of nitrogens with two attached hydrogens (primary N) is 1.